The van der Waals surface area contributed by atoms with Crippen molar-refractivity contribution in [3.05, 3.63) is 34.6 Å². The van der Waals surface area contributed by atoms with Crippen LogP contribution in [0.25, 0.3) is 5.65 Å². The van der Waals surface area contributed by atoms with E-state index in [-0.39, 0.29) is 5.56 Å². The van der Waals surface area contributed by atoms with Gasteiger partial charge in [0.05, 0.1) is 12.7 Å². The van der Waals surface area contributed by atoms with Gasteiger partial charge in [0.1, 0.15) is 18.6 Å². The Hall–Kier alpha value is -1.58. The number of imidazole rings is 1. The van der Waals surface area contributed by atoms with E-state index in [4.69, 9.17) is 0 Å². The van der Waals surface area contributed by atoms with Crippen molar-refractivity contribution in [2.45, 2.75) is 38.5 Å². The molecule has 0 aromatic carbocycles. The maximum absolute atomic E-state index is 12.0. The molecule has 18 heavy (non-hydrogen) atoms. The van der Waals surface area contributed by atoms with Crippen LogP contribution in [0, 0.1) is 5.92 Å². The van der Waals surface area contributed by atoms with Gasteiger partial charge in [-0.1, -0.05) is 32.1 Å². The predicted octanol–water partition coefficient (Wildman–Crippen LogP) is 1.57. The molecule has 0 radical (unpaired) electrons. The SMILES string of the molecule is C[n+]1ccn2cc(CC3CCCCC3)[nH]c(=O)c21. The molecule has 1 fully saturated rings. The summed E-state index contributed by atoms with van der Waals surface area (Å²) in [6.07, 6.45) is 13.6. The van der Waals surface area contributed by atoms with Crippen LogP contribution in [0.4, 0.5) is 0 Å². The number of H-pyrrole nitrogens is 1. The number of aryl methyl sites for hydroxylation is 1. The van der Waals surface area contributed by atoms with Crippen LogP contribution in [0.15, 0.2) is 23.4 Å². The molecule has 96 valence electrons. The minimum atomic E-state index is 0.0100. The third kappa shape index (κ3) is 2.07. The summed E-state index contributed by atoms with van der Waals surface area (Å²) in [5, 5.41) is 0. The van der Waals surface area contributed by atoms with Gasteiger partial charge in [0, 0.05) is 0 Å². The van der Waals surface area contributed by atoms with Crippen molar-refractivity contribution in [1.82, 2.24) is 9.38 Å². The molecule has 4 nitrogen and oxygen atoms in total. The Morgan fingerprint density at radius 1 is 1.39 bits per heavy atom. The molecular formula is C14H20N3O+. The minimum absolute atomic E-state index is 0.0100. The van der Waals surface area contributed by atoms with Gasteiger partial charge in [-0.3, -0.25) is 4.79 Å². The largest absolute Gasteiger partial charge is 0.352 e. The van der Waals surface area contributed by atoms with E-state index in [1.165, 1.54) is 32.1 Å². The van der Waals surface area contributed by atoms with Crippen molar-refractivity contribution >= 4 is 5.65 Å². The zero-order chi connectivity index (χ0) is 12.5. The van der Waals surface area contributed by atoms with Gasteiger partial charge in [0.15, 0.2) is 0 Å². The molecule has 2 aromatic rings. The number of nitrogens with one attached hydrogen (secondary N) is 1. The van der Waals surface area contributed by atoms with Crippen LogP contribution in [-0.4, -0.2) is 9.38 Å². The van der Waals surface area contributed by atoms with E-state index in [0.717, 1.165) is 18.0 Å². The standard InChI is InChI=1S/C14H19N3O/c1-16-7-8-17-10-12(15-13(18)14(16)17)9-11-5-3-2-4-6-11/h7-8,10-11H,2-6,9H2,1H3/p+1. The van der Waals surface area contributed by atoms with E-state index in [1.54, 1.807) is 0 Å². The quantitative estimate of drug-likeness (QED) is 0.803. The Balaban J connectivity index is 1.90. The summed E-state index contributed by atoms with van der Waals surface area (Å²) in [4.78, 5) is 15.1. The van der Waals surface area contributed by atoms with Gasteiger partial charge in [-0.2, -0.15) is 4.40 Å². The Bertz CT molecular complexity index is 605. The van der Waals surface area contributed by atoms with E-state index >= 15 is 0 Å². The first kappa shape index (κ1) is 11.5. The van der Waals surface area contributed by atoms with E-state index in [1.807, 2.05) is 28.4 Å². The van der Waals surface area contributed by atoms with Crippen molar-refractivity contribution in [1.29, 1.82) is 0 Å². The first-order valence-corrected chi connectivity index (χ1v) is 6.82. The maximum Gasteiger partial charge on any atom is 0.352 e. The minimum Gasteiger partial charge on any atom is -0.316 e. The number of fused-ring (bicyclic) bond motifs is 1. The second kappa shape index (κ2) is 4.59. The summed E-state index contributed by atoms with van der Waals surface area (Å²) in [6, 6.07) is 0. The van der Waals surface area contributed by atoms with Gasteiger partial charge in [-0.15, -0.1) is 0 Å². The summed E-state index contributed by atoms with van der Waals surface area (Å²) in [6.45, 7) is 0. The lowest BCUT2D eigenvalue weighted by Crippen LogP contribution is -2.32. The molecule has 4 heteroatoms. The Morgan fingerprint density at radius 2 is 2.17 bits per heavy atom. The molecule has 1 aliphatic rings. The van der Waals surface area contributed by atoms with Gasteiger partial charge in [0.2, 0.25) is 0 Å². The molecule has 0 atom stereocenters. The molecule has 3 rings (SSSR count). The first-order chi connectivity index (χ1) is 8.74. The fraction of sp³-hybridized carbons (Fsp3) is 0.571. The summed E-state index contributed by atoms with van der Waals surface area (Å²) in [5.41, 5.74) is 1.77. The second-order valence-corrected chi connectivity index (χ2v) is 5.46. The second-order valence-electron chi connectivity index (χ2n) is 5.46. The number of hydrogen-bond donors (Lipinski definition) is 1. The van der Waals surface area contributed by atoms with Gasteiger partial charge < -0.3 is 4.98 Å². The van der Waals surface area contributed by atoms with E-state index < -0.39 is 0 Å². The molecule has 2 aromatic heterocycles. The predicted molar refractivity (Wildman–Crippen MR) is 69.5 cm³/mol. The monoisotopic (exact) mass is 246 g/mol. The van der Waals surface area contributed by atoms with Crippen LogP contribution < -0.4 is 10.1 Å². The average molecular weight is 246 g/mol. The molecule has 1 saturated carbocycles. The molecule has 0 bridgehead atoms. The van der Waals surface area contributed by atoms with E-state index in [2.05, 4.69) is 11.2 Å². The van der Waals surface area contributed by atoms with Crippen molar-refractivity contribution in [2.24, 2.45) is 13.0 Å². The lowest BCUT2D eigenvalue weighted by molar-refractivity contribution is -0.645. The molecule has 0 spiro atoms. The summed E-state index contributed by atoms with van der Waals surface area (Å²) in [5.74, 6) is 0.746. The molecular weight excluding hydrogens is 226 g/mol. The zero-order valence-electron chi connectivity index (χ0n) is 10.9. The highest BCUT2D eigenvalue weighted by Crippen LogP contribution is 2.25. The van der Waals surface area contributed by atoms with Crippen LogP contribution in [0.3, 0.4) is 0 Å². The Labute approximate surface area is 106 Å². The number of rotatable bonds is 2. The van der Waals surface area contributed by atoms with Gasteiger partial charge in [-0.25, -0.2) is 4.57 Å². The van der Waals surface area contributed by atoms with Crippen LogP contribution in [0.5, 0.6) is 0 Å². The highest BCUT2D eigenvalue weighted by molar-refractivity contribution is 5.28. The van der Waals surface area contributed by atoms with E-state index in [9.17, 15) is 4.79 Å². The van der Waals surface area contributed by atoms with Gasteiger partial charge in [0.25, 0.3) is 0 Å². The molecule has 0 unspecified atom stereocenters. The van der Waals surface area contributed by atoms with Crippen molar-refractivity contribution < 1.29 is 4.57 Å². The third-order valence-electron chi connectivity index (χ3n) is 4.03. The number of hydrogen-bond acceptors (Lipinski definition) is 1. The van der Waals surface area contributed by atoms with E-state index in [0.29, 0.717) is 5.65 Å². The van der Waals surface area contributed by atoms with Crippen molar-refractivity contribution in [3.63, 3.8) is 0 Å². The van der Waals surface area contributed by atoms with Crippen molar-refractivity contribution in [2.75, 3.05) is 0 Å². The van der Waals surface area contributed by atoms with Crippen LogP contribution in [0.2, 0.25) is 0 Å². The lowest BCUT2D eigenvalue weighted by atomic mass is 9.86. The summed E-state index contributed by atoms with van der Waals surface area (Å²) >= 11 is 0. The summed E-state index contributed by atoms with van der Waals surface area (Å²) < 4.78 is 3.78. The van der Waals surface area contributed by atoms with Crippen LogP contribution in [0.1, 0.15) is 37.8 Å². The fourth-order valence-electron chi connectivity index (χ4n) is 3.08. The average Bonchev–Trinajstić information content (AvgIpc) is 2.72. The third-order valence-corrected chi connectivity index (χ3v) is 4.03. The maximum atomic E-state index is 12.0. The van der Waals surface area contributed by atoms with Gasteiger partial charge in [-0.05, 0) is 12.3 Å². The lowest BCUT2D eigenvalue weighted by Gasteiger charge is -2.20. The van der Waals surface area contributed by atoms with Crippen LogP contribution >= 0.6 is 0 Å². The molecule has 2 heterocycles. The normalized spacial score (nSPS) is 17.4. The van der Waals surface area contributed by atoms with Gasteiger partial charge >= 0.3 is 11.2 Å². The fourth-order valence-corrected chi connectivity index (χ4v) is 3.08. The molecule has 0 amide bonds. The summed E-state index contributed by atoms with van der Waals surface area (Å²) in [7, 11) is 1.89. The van der Waals surface area contributed by atoms with Crippen molar-refractivity contribution in [3.8, 4) is 0 Å². The zero-order valence-corrected chi connectivity index (χ0v) is 10.9. The highest BCUT2D eigenvalue weighted by atomic mass is 16.1. The number of aromatic nitrogens is 3. The smallest absolute Gasteiger partial charge is 0.316 e. The van der Waals surface area contributed by atoms with Crippen LogP contribution in [-0.2, 0) is 13.5 Å². The number of nitrogens with zero attached hydrogens (tertiary/aromatic N) is 2. The Morgan fingerprint density at radius 3 is 2.94 bits per heavy atom. The molecule has 0 saturated heterocycles. The molecule has 1 aliphatic carbocycles. The first-order valence-electron chi connectivity index (χ1n) is 6.82. The number of aromatic amines is 1. The topological polar surface area (TPSA) is 41.1 Å². The molecule has 0 aliphatic heterocycles. The molecule has 1 N–H and O–H groups in total. The Kier molecular flexibility index (Phi) is 2.94. The highest BCUT2D eigenvalue weighted by Gasteiger charge is 2.17.